The van der Waals surface area contributed by atoms with Crippen LogP contribution in [0.2, 0.25) is 0 Å². The molecule has 0 N–H and O–H groups in total. The average molecular weight is 401 g/mol. The third-order valence-electron chi connectivity index (χ3n) is 8.46. The minimum absolute atomic E-state index is 0.408. The van der Waals surface area contributed by atoms with E-state index in [2.05, 4.69) is 63.7 Å². The molecule has 0 aliphatic heterocycles. The molecule has 2 aliphatic carbocycles. The quantitative estimate of drug-likeness (QED) is 0.473. The summed E-state index contributed by atoms with van der Waals surface area (Å²) in [6.07, 6.45) is 15.6. The lowest BCUT2D eigenvalue weighted by Gasteiger charge is -2.45. The highest BCUT2D eigenvalue weighted by molar-refractivity contribution is 5.55. The van der Waals surface area contributed by atoms with Crippen molar-refractivity contribution in [2.24, 2.45) is 5.92 Å². The van der Waals surface area contributed by atoms with E-state index in [1.807, 2.05) is 6.08 Å². The van der Waals surface area contributed by atoms with Gasteiger partial charge in [-0.25, -0.2) is 0 Å². The van der Waals surface area contributed by atoms with Crippen LogP contribution in [0.5, 0.6) is 0 Å². The Kier molecular flexibility index (Phi) is 6.51. The first-order valence-electron chi connectivity index (χ1n) is 12.4. The Bertz CT molecular complexity index is 881. The summed E-state index contributed by atoms with van der Waals surface area (Å²) >= 11 is 0. The minimum atomic E-state index is 0.408. The Hall–Kier alpha value is -1.82. The normalized spacial score (nSPS) is 24.2. The first-order chi connectivity index (χ1) is 14.5. The second-order valence-electron chi connectivity index (χ2n) is 10.2. The molecule has 1 spiro atoms. The van der Waals surface area contributed by atoms with Crippen LogP contribution >= 0.6 is 0 Å². The van der Waals surface area contributed by atoms with Crippen LogP contribution in [0.1, 0.15) is 104 Å². The molecular weight excluding hydrogens is 360 g/mol. The van der Waals surface area contributed by atoms with Crippen molar-refractivity contribution in [2.45, 2.75) is 96.3 Å². The van der Waals surface area contributed by atoms with Crippen LogP contribution in [0, 0.1) is 19.8 Å². The molecule has 0 heterocycles. The molecule has 0 radical (unpaired) electrons. The van der Waals surface area contributed by atoms with Crippen LogP contribution in [0.15, 0.2) is 43.0 Å². The molecule has 0 saturated heterocycles. The largest absolute Gasteiger partial charge is 0.0985 e. The monoisotopic (exact) mass is 400 g/mol. The Balaban J connectivity index is 1.78. The standard InChI is InChI=1S/C30H40/c1-5-25-21-28(23(3)19-22(25)2)26-14-8-7-13-24(4)30(17-11-6-12-18-30)29-16-10-9-15-27(29)20-26/h5,9-10,15-16,19,21,24,26H,1,6-8,11-14,17-18,20H2,2-4H3. The van der Waals surface area contributed by atoms with E-state index < -0.39 is 0 Å². The summed E-state index contributed by atoms with van der Waals surface area (Å²) in [7, 11) is 0. The predicted molar refractivity (Wildman–Crippen MR) is 131 cm³/mol. The number of benzene rings is 2. The lowest BCUT2D eigenvalue weighted by molar-refractivity contribution is 0.186. The summed E-state index contributed by atoms with van der Waals surface area (Å²) in [5.74, 6) is 1.41. The van der Waals surface area contributed by atoms with Gasteiger partial charge in [0.1, 0.15) is 0 Å². The predicted octanol–water partition coefficient (Wildman–Crippen LogP) is 8.68. The van der Waals surface area contributed by atoms with Gasteiger partial charge in [0.2, 0.25) is 0 Å². The second kappa shape index (κ2) is 9.13. The lowest BCUT2D eigenvalue weighted by Crippen LogP contribution is -2.37. The molecule has 30 heavy (non-hydrogen) atoms. The average Bonchev–Trinajstić information content (AvgIpc) is 2.76. The molecule has 2 aromatic carbocycles. The molecule has 2 aliphatic rings. The first-order valence-corrected chi connectivity index (χ1v) is 12.4. The molecule has 0 amide bonds. The van der Waals surface area contributed by atoms with Crippen molar-refractivity contribution in [1.82, 2.24) is 0 Å². The van der Waals surface area contributed by atoms with Gasteiger partial charge < -0.3 is 0 Å². The molecule has 0 aromatic heterocycles. The van der Waals surface area contributed by atoms with Crippen molar-refractivity contribution in [1.29, 1.82) is 0 Å². The smallest absolute Gasteiger partial charge is 0.00187 e. The third kappa shape index (κ3) is 4.03. The highest BCUT2D eigenvalue weighted by atomic mass is 14.4. The van der Waals surface area contributed by atoms with E-state index >= 15 is 0 Å². The molecule has 0 bridgehead atoms. The maximum Gasteiger partial charge on any atom is -0.00187 e. The van der Waals surface area contributed by atoms with Crippen molar-refractivity contribution in [2.75, 3.05) is 0 Å². The van der Waals surface area contributed by atoms with Gasteiger partial charge in [-0.05, 0) is 96.6 Å². The number of hydrogen-bond donors (Lipinski definition) is 0. The van der Waals surface area contributed by atoms with Crippen molar-refractivity contribution in [3.8, 4) is 0 Å². The summed E-state index contributed by atoms with van der Waals surface area (Å²) in [5, 5.41) is 0. The van der Waals surface area contributed by atoms with E-state index in [1.54, 1.807) is 16.7 Å². The van der Waals surface area contributed by atoms with E-state index in [4.69, 9.17) is 0 Å². The lowest BCUT2D eigenvalue weighted by atomic mass is 9.59. The van der Waals surface area contributed by atoms with Crippen LogP contribution in [0.25, 0.3) is 6.08 Å². The Morgan fingerprint density at radius 1 is 0.900 bits per heavy atom. The molecule has 0 nitrogen and oxygen atoms in total. The van der Waals surface area contributed by atoms with Gasteiger partial charge in [-0.1, -0.05) is 88.1 Å². The van der Waals surface area contributed by atoms with Crippen LogP contribution < -0.4 is 0 Å². The summed E-state index contributed by atoms with van der Waals surface area (Å²) < 4.78 is 0. The Labute approximate surface area is 184 Å². The molecule has 2 atom stereocenters. The highest BCUT2D eigenvalue weighted by Gasteiger charge is 2.40. The van der Waals surface area contributed by atoms with E-state index in [-0.39, 0.29) is 0 Å². The molecule has 2 aromatic rings. The fraction of sp³-hybridized carbons (Fsp3) is 0.533. The molecule has 2 unspecified atom stereocenters. The van der Waals surface area contributed by atoms with E-state index in [0.29, 0.717) is 11.3 Å². The van der Waals surface area contributed by atoms with Gasteiger partial charge in [0.15, 0.2) is 0 Å². The van der Waals surface area contributed by atoms with Gasteiger partial charge in [0.25, 0.3) is 0 Å². The molecule has 1 fully saturated rings. The zero-order chi connectivity index (χ0) is 21.1. The number of hydrogen-bond acceptors (Lipinski definition) is 0. The number of rotatable bonds is 2. The summed E-state index contributed by atoms with van der Waals surface area (Å²) in [4.78, 5) is 0. The molecule has 160 valence electrons. The van der Waals surface area contributed by atoms with Crippen LogP contribution in [0.3, 0.4) is 0 Å². The van der Waals surface area contributed by atoms with Crippen LogP contribution in [0.4, 0.5) is 0 Å². The molecule has 4 rings (SSSR count). The van der Waals surface area contributed by atoms with Crippen molar-refractivity contribution in [3.05, 3.63) is 76.4 Å². The topological polar surface area (TPSA) is 0 Å². The highest BCUT2D eigenvalue weighted by Crippen LogP contribution is 2.49. The molecule has 0 heteroatoms. The third-order valence-corrected chi connectivity index (χ3v) is 8.46. The zero-order valence-corrected chi connectivity index (χ0v) is 19.5. The maximum absolute atomic E-state index is 4.07. The second-order valence-corrected chi connectivity index (χ2v) is 10.2. The van der Waals surface area contributed by atoms with E-state index in [9.17, 15) is 0 Å². The van der Waals surface area contributed by atoms with Gasteiger partial charge in [0, 0.05) is 0 Å². The van der Waals surface area contributed by atoms with Gasteiger partial charge in [-0.2, -0.15) is 0 Å². The fourth-order valence-corrected chi connectivity index (χ4v) is 6.69. The first kappa shape index (κ1) is 21.4. The zero-order valence-electron chi connectivity index (χ0n) is 19.5. The Morgan fingerprint density at radius 2 is 1.63 bits per heavy atom. The van der Waals surface area contributed by atoms with Crippen LogP contribution in [-0.4, -0.2) is 0 Å². The molecular formula is C30H40. The minimum Gasteiger partial charge on any atom is -0.0985 e. The van der Waals surface area contributed by atoms with Crippen molar-refractivity contribution in [3.63, 3.8) is 0 Å². The van der Waals surface area contributed by atoms with Gasteiger partial charge in [0.05, 0.1) is 0 Å². The van der Waals surface area contributed by atoms with Gasteiger partial charge >= 0.3 is 0 Å². The van der Waals surface area contributed by atoms with E-state index in [0.717, 1.165) is 5.92 Å². The summed E-state index contributed by atoms with van der Waals surface area (Å²) in [5.41, 5.74) is 9.39. The SMILES string of the molecule is C=Cc1cc(C2CCCCC(C)C3(CCCCC3)c3ccccc3C2)c(C)cc1C. The van der Waals surface area contributed by atoms with Gasteiger partial charge in [-0.15, -0.1) is 0 Å². The van der Waals surface area contributed by atoms with Crippen molar-refractivity contribution >= 4 is 6.08 Å². The van der Waals surface area contributed by atoms with Gasteiger partial charge in [-0.3, -0.25) is 0 Å². The fourth-order valence-electron chi connectivity index (χ4n) is 6.69. The van der Waals surface area contributed by atoms with E-state index in [1.165, 1.54) is 80.9 Å². The maximum atomic E-state index is 4.07. The van der Waals surface area contributed by atoms with Crippen LogP contribution in [-0.2, 0) is 11.8 Å². The molecule has 1 saturated carbocycles. The summed E-state index contributed by atoms with van der Waals surface area (Å²) in [6.45, 7) is 11.2. The number of fused-ring (bicyclic) bond motifs is 2. The Morgan fingerprint density at radius 3 is 2.40 bits per heavy atom. The van der Waals surface area contributed by atoms with Crippen molar-refractivity contribution < 1.29 is 0 Å². The summed E-state index contributed by atoms with van der Waals surface area (Å²) in [6, 6.07) is 14.3. The number of aryl methyl sites for hydroxylation is 2.